The van der Waals surface area contributed by atoms with Gasteiger partial charge in [0.2, 0.25) is 0 Å². The first-order chi connectivity index (χ1) is 8.91. The first-order valence-electron chi connectivity index (χ1n) is 6.23. The highest BCUT2D eigenvalue weighted by Crippen LogP contribution is 2.28. The van der Waals surface area contributed by atoms with Gasteiger partial charge in [0.1, 0.15) is 15.7 Å². The Labute approximate surface area is 119 Å². The summed E-state index contributed by atoms with van der Waals surface area (Å²) in [5.41, 5.74) is 0.403. The van der Waals surface area contributed by atoms with E-state index in [4.69, 9.17) is 11.6 Å². The van der Waals surface area contributed by atoms with Gasteiger partial charge in [0.15, 0.2) is 0 Å². The van der Waals surface area contributed by atoms with E-state index in [-0.39, 0.29) is 23.4 Å². The highest BCUT2D eigenvalue weighted by atomic mass is 35.5. The number of benzene rings is 1. The minimum Gasteiger partial charge on any atom is -0.313 e. The van der Waals surface area contributed by atoms with E-state index in [2.05, 4.69) is 5.32 Å². The third kappa shape index (κ3) is 4.75. The molecule has 0 radical (unpaired) electrons. The SMILES string of the molecule is CCS(=O)(=O)CCCC(NC)c1c(F)cccc1Cl. The first-order valence-corrected chi connectivity index (χ1v) is 8.42. The van der Waals surface area contributed by atoms with Crippen molar-refractivity contribution in [2.45, 2.75) is 25.8 Å². The lowest BCUT2D eigenvalue weighted by Gasteiger charge is -2.18. The molecule has 1 aromatic carbocycles. The molecule has 0 aromatic heterocycles. The van der Waals surface area contributed by atoms with Crippen LogP contribution in [0.2, 0.25) is 5.02 Å². The molecule has 6 heteroatoms. The number of hydrogen-bond donors (Lipinski definition) is 1. The summed E-state index contributed by atoms with van der Waals surface area (Å²) in [6, 6.07) is 4.26. The minimum atomic E-state index is -2.98. The molecule has 0 aliphatic carbocycles. The van der Waals surface area contributed by atoms with E-state index in [1.165, 1.54) is 6.07 Å². The lowest BCUT2D eigenvalue weighted by atomic mass is 10.0. The van der Waals surface area contributed by atoms with Gasteiger partial charge >= 0.3 is 0 Å². The van der Waals surface area contributed by atoms with E-state index in [0.717, 1.165) is 0 Å². The van der Waals surface area contributed by atoms with Crippen LogP contribution in [0.4, 0.5) is 4.39 Å². The summed E-state index contributed by atoms with van der Waals surface area (Å²) in [6.07, 6.45) is 1.00. The molecule has 0 saturated carbocycles. The van der Waals surface area contributed by atoms with Crippen LogP contribution in [-0.4, -0.2) is 27.0 Å². The van der Waals surface area contributed by atoms with Gasteiger partial charge in [-0.05, 0) is 32.0 Å². The van der Waals surface area contributed by atoms with E-state index in [1.54, 1.807) is 26.1 Å². The Kier molecular flexibility index (Phi) is 6.23. The van der Waals surface area contributed by atoms with Gasteiger partial charge in [0, 0.05) is 22.4 Å². The molecule has 0 heterocycles. The monoisotopic (exact) mass is 307 g/mol. The molecule has 0 bridgehead atoms. The van der Waals surface area contributed by atoms with Crippen molar-refractivity contribution in [3.8, 4) is 0 Å². The Hall–Kier alpha value is -0.650. The Balaban J connectivity index is 2.74. The van der Waals surface area contributed by atoms with Crippen LogP contribution in [0.25, 0.3) is 0 Å². The minimum absolute atomic E-state index is 0.119. The van der Waals surface area contributed by atoms with Crippen LogP contribution in [0.5, 0.6) is 0 Å². The van der Waals surface area contributed by atoms with Gasteiger partial charge in [-0.1, -0.05) is 24.6 Å². The maximum Gasteiger partial charge on any atom is 0.150 e. The largest absolute Gasteiger partial charge is 0.313 e. The fourth-order valence-electron chi connectivity index (χ4n) is 1.93. The van der Waals surface area contributed by atoms with Gasteiger partial charge in [0.05, 0.1) is 5.75 Å². The predicted octanol–water partition coefficient (Wildman–Crippen LogP) is 2.95. The fraction of sp³-hybridized carbons (Fsp3) is 0.538. The van der Waals surface area contributed by atoms with Gasteiger partial charge in [-0.2, -0.15) is 0 Å². The maximum absolute atomic E-state index is 13.8. The predicted molar refractivity (Wildman–Crippen MR) is 76.8 cm³/mol. The van der Waals surface area contributed by atoms with Crippen molar-refractivity contribution in [3.05, 3.63) is 34.6 Å². The number of sulfone groups is 1. The molecule has 0 amide bonds. The van der Waals surface area contributed by atoms with Crippen LogP contribution >= 0.6 is 11.6 Å². The number of hydrogen-bond acceptors (Lipinski definition) is 3. The van der Waals surface area contributed by atoms with Crippen LogP contribution in [0.1, 0.15) is 31.4 Å². The summed E-state index contributed by atoms with van der Waals surface area (Å²) in [6.45, 7) is 1.62. The molecule has 1 N–H and O–H groups in total. The second-order valence-electron chi connectivity index (χ2n) is 4.36. The molecule has 19 heavy (non-hydrogen) atoms. The zero-order chi connectivity index (χ0) is 14.5. The fourth-order valence-corrected chi connectivity index (χ4v) is 3.12. The van der Waals surface area contributed by atoms with Gasteiger partial charge in [-0.25, -0.2) is 12.8 Å². The van der Waals surface area contributed by atoms with Crippen molar-refractivity contribution in [2.75, 3.05) is 18.6 Å². The summed E-state index contributed by atoms with van der Waals surface area (Å²) in [5.74, 6) is -0.115. The van der Waals surface area contributed by atoms with E-state index in [9.17, 15) is 12.8 Å². The Morgan fingerprint density at radius 3 is 2.63 bits per heavy atom. The molecule has 0 spiro atoms. The topological polar surface area (TPSA) is 46.2 Å². The molecular formula is C13H19ClFNO2S. The highest BCUT2D eigenvalue weighted by Gasteiger charge is 2.18. The van der Waals surface area contributed by atoms with Crippen LogP contribution in [0, 0.1) is 5.82 Å². The average Bonchev–Trinajstić information content (AvgIpc) is 2.36. The summed E-state index contributed by atoms with van der Waals surface area (Å²) in [4.78, 5) is 0. The third-order valence-electron chi connectivity index (χ3n) is 3.08. The molecule has 1 aromatic rings. The molecule has 108 valence electrons. The second-order valence-corrected chi connectivity index (χ2v) is 7.24. The number of halogens is 2. The first kappa shape index (κ1) is 16.4. The number of nitrogens with one attached hydrogen (secondary N) is 1. The van der Waals surface area contributed by atoms with E-state index >= 15 is 0 Å². The van der Waals surface area contributed by atoms with E-state index in [1.807, 2.05) is 0 Å². The van der Waals surface area contributed by atoms with Crippen molar-refractivity contribution in [1.29, 1.82) is 0 Å². The zero-order valence-electron chi connectivity index (χ0n) is 11.1. The summed E-state index contributed by atoms with van der Waals surface area (Å²) < 4.78 is 36.6. The third-order valence-corrected chi connectivity index (χ3v) is 5.20. The molecule has 1 atom stereocenters. The summed E-state index contributed by atoms with van der Waals surface area (Å²) in [5, 5.41) is 3.34. The lowest BCUT2D eigenvalue weighted by Crippen LogP contribution is -2.19. The smallest absolute Gasteiger partial charge is 0.150 e. The van der Waals surface area contributed by atoms with Crippen molar-refractivity contribution >= 4 is 21.4 Å². The van der Waals surface area contributed by atoms with Gasteiger partial charge < -0.3 is 5.32 Å². The average molecular weight is 308 g/mol. The maximum atomic E-state index is 13.8. The molecule has 1 unspecified atom stereocenters. The number of rotatable bonds is 7. The van der Waals surface area contributed by atoms with Crippen LogP contribution in [-0.2, 0) is 9.84 Å². The van der Waals surface area contributed by atoms with Crippen molar-refractivity contribution in [2.24, 2.45) is 0 Å². The molecule has 0 saturated heterocycles. The molecule has 0 aliphatic heterocycles. The van der Waals surface area contributed by atoms with Crippen molar-refractivity contribution < 1.29 is 12.8 Å². The van der Waals surface area contributed by atoms with E-state index in [0.29, 0.717) is 23.4 Å². The molecule has 1 rings (SSSR count). The molecule has 0 aliphatic rings. The standard InChI is InChI=1S/C13H19ClFNO2S/c1-3-19(17,18)9-5-8-12(16-2)13-10(14)6-4-7-11(13)15/h4,6-7,12,16H,3,5,8-9H2,1-2H3. The Morgan fingerprint density at radius 2 is 2.11 bits per heavy atom. The van der Waals surface area contributed by atoms with Crippen LogP contribution < -0.4 is 5.32 Å². The Bertz CT molecular complexity index is 499. The van der Waals surface area contributed by atoms with Crippen molar-refractivity contribution in [1.82, 2.24) is 5.32 Å². The van der Waals surface area contributed by atoms with Crippen LogP contribution in [0.3, 0.4) is 0 Å². The zero-order valence-corrected chi connectivity index (χ0v) is 12.7. The molecule has 3 nitrogen and oxygen atoms in total. The summed E-state index contributed by atoms with van der Waals surface area (Å²) in [7, 11) is -1.27. The van der Waals surface area contributed by atoms with Gasteiger partial charge in [-0.3, -0.25) is 0 Å². The van der Waals surface area contributed by atoms with Gasteiger partial charge in [0.25, 0.3) is 0 Å². The normalized spacial score (nSPS) is 13.5. The van der Waals surface area contributed by atoms with Gasteiger partial charge in [-0.15, -0.1) is 0 Å². The second kappa shape index (κ2) is 7.22. The lowest BCUT2D eigenvalue weighted by molar-refractivity contribution is 0.502. The quantitative estimate of drug-likeness (QED) is 0.842. The Morgan fingerprint density at radius 1 is 1.42 bits per heavy atom. The highest BCUT2D eigenvalue weighted by molar-refractivity contribution is 7.91. The molecular weight excluding hydrogens is 289 g/mol. The van der Waals surface area contributed by atoms with Crippen LogP contribution in [0.15, 0.2) is 18.2 Å². The van der Waals surface area contributed by atoms with E-state index < -0.39 is 9.84 Å². The van der Waals surface area contributed by atoms with Crippen molar-refractivity contribution in [3.63, 3.8) is 0 Å². The summed E-state index contributed by atoms with van der Waals surface area (Å²) >= 11 is 6.00. The molecule has 0 fully saturated rings.